The highest BCUT2D eigenvalue weighted by molar-refractivity contribution is 7.90. The van der Waals surface area contributed by atoms with Gasteiger partial charge in [0.15, 0.2) is 5.82 Å². The molecule has 0 radical (unpaired) electrons. The van der Waals surface area contributed by atoms with Gasteiger partial charge in [-0.1, -0.05) is 51.1 Å². The number of hydrogen-bond acceptors (Lipinski definition) is 5. The topological polar surface area (TPSA) is 102 Å². The summed E-state index contributed by atoms with van der Waals surface area (Å²) in [6.45, 7) is 5.34. The van der Waals surface area contributed by atoms with Crippen molar-refractivity contribution in [2.75, 3.05) is 6.54 Å². The van der Waals surface area contributed by atoms with E-state index in [0.717, 1.165) is 22.9 Å². The lowest BCUT2D eigenvalue weighted by atomic mass is 9.96. The fourth-order valence-electron chi connectivity index (χ4n) is 4.14. The van der Waals surface area contributed by atoms with Crippen LogP contribution in [-0.2, 0) is 23.2 Å². The molecule has 0 saturated carbocycles. The van der Waals surface area contributed by atoms with E-state index in [4.69, 9.17) is 4.74 Å². The van der Waals surface area contributed by atoms with E-state index in [2.05, 4.69) is 4.98 Å². The second kappa shape index (κ2) is 11.5. The van der Waals surface area contributed by atoms with Crippen LogP contribution in [-0.4, -0.2) is 40.0 Å². The van der Waals surface area contributed by atoms with Gasteiger partial charge in [-0.2, -0.15) is 4.39 Å². The zero-order valence-electron chi connectivity index (χ0n) is 22.2. The molecule has 8 nitrogen and oxygen atoms in total. The summed E-state index contributed by atoms with van der Waals surface area (Å²) >= 11 is 0. The summed E-state index contributed by atoms with van der Waals surface area (Å²) < 4.78 is 64.4. The second-order valence-corrected chi connectivity index (χ2v) is 12.2. The molecule has 0 aliphatic rings. The Morgan fingerprint density at radius 3 is 2.30 bits per heavy atom. The van der Waals surface area contributed by atoms with Crippen LogP contribution in [0.1, 0.15) is 31.9 Å². The minimum atomic E-state index is -4.45. The van der Waals surface area contributed by atoms with Gasteiger partial charge in [-0.05, 0) is 47.4 Å². The largest absolute Gasteiger partial charge is 0.489 e. The maximum absolute atomic E-state index is 15.9. The number of nitrogens with zero attached hydrogens (tertiary/aromatic N) is 3. The van der Waals surface area contributed by atoms with Gasteiger partial charge in [0.2, 0.25) is 5.95 Å². The van der Waals surface area contributed by atoms with Gasteiger partial charge in [0.1, 0.15) is 18.1 Å². The van der Waals surface area contributed by atoms with E-state index in [1.54, 1.807) is 0 Å². The fourth-order valence-corrected chi connectivity index (χ4v) is 5.53. The number of pyridine rings is 1. The van der Waals surface area contributed by atoms with E-state index in [9.17, 15) is 22.7 Å². The fraction of sp³-hybridized carbons (Fsp3) is 0.241. The van der Waals surface area contributed by atoms with Crippen LogP contribution in [0.5, 0.6) is 5.75 Å². The van der Waals surface area contributed by atoms with Crippen molar-refractivity contribution < 1.29 is 31.8 Å². The first-order chi connectivity index (χ1) is 18.9. The molecule has 210 valence electrons. The van der Waals surface area contributed by atoms with Gasteiger partial charge in [0.25, 0.3) is 10.0 Å². The molecule has 2 aromatic carbocycles. The third-order valence-electron chi connectivity index (χ3n) is 5.92. The number of ether oxygens (including phenoxy) is 1. The molecule has 0 atom stereocenters. The van der Waals surface area contributed by atoms with Crippen molar-refractivity contribution in [3.8, 4) is 17.0 Å². The zero-order chi connectivity index (χ0) is 29.1. The quantitative estimate of drug-likeness (QED) is 0.242. The van der Waals surface area contributed by atoms with Crippen LogP contribution in [0.25, 0.3) is 11.3 Å². The molecule has 0 fully saturated rings. The Balaban J connectivity index is 1.73. The van der Waals surface area contributed by atoms with E-state index in [1.165, 1.54) is 36.4 Å². The van der Waals surface area contributed by atoms with Crippen LogP contribution < -0.4 is 4.74 Å². The molecule has 4 aromatic rings. The van der Waals surface area contributed by atoms with Crippen LogP contribution in [0.3, 0.4) is 0 Å². The van der Waals surface area contributed by atoms with Gasteiger partial charge >= 0.3 is 6.09 Å². The Hall–Kier alpha value is -4.25. The van der Waals surface area contributed by atoms with Gasteiger partial charge in [-0.25, -0.2) is 26.6 Å². The summed E-state index contributed by atoms with van der Waals surface area (Å²) in [4.78, 5) is 16.2. The molecule has 0 spiro atoms. The molecule has 11 heteroatoms. The molecule has 2 heterocycles. The first-order valence-electron chi connectivity index (χ1n) is 12.4. The molecule has 40 heavy (non-hydrogen) atoms. The molecule has 1 amide bonds. The van der Waals surface area contributed by atoms with Gasteiger partial charge < -0.3 is 14.7 Å². The number of hydrogen-bond donors (Lipinski definition) is 1. The van der Waals surface area contributed by atoms with Crippen LogP contribution in [0, 0.1) is 17.2 Å². The van der Waals surface area contributed by atoms with E-state index in [0.29, 0.717) is 9.72 Å². The third-order valence-corrected chi connectivity index (χ3v) is 7.60. The summed E-state index contributed by atoms with van der Waals surface area (Å²) in [7, 11) is -4.45. The number of carbonyl (C=O) groups is 1. The molecule has 0 aliphatic carbocycles. The van der Waals surface area contributed by atoms with Gasteiger partial charge in [-0.3, -0.25) is 0 Å². The van der Waals surface area contributed by atoms with Gasteiger partial charge in [0, 0.05) is 24.5 Å². The van der Waals surface area contributed by atoms with E-state index < -0.39 is 45.5 Å². The summed E-state index contributed by atoms with van der Waals surface area (Å²) in [5.74, 6) is -1.71. The molecular formula is C29H29F2N3O5S. The van der Waals surface area contributed by atoms with Crippen molar-refractivity contribution in [3.63, 3.8) is 0 Å². The summed E-state index contributed by atoms with van der Waals surface area (Å²) in [5, 5.41) is 9.70. The van der Waals surface area contributed by atoms with Crippen LogP contribution in [0.15, 0.2) is 84.0 Å². The normalized spacial score (nSPS) is 11.8. The van der Waals surface area contributed by atoms with E-state index in [1.807, 2.05) is 51.1 Å². The van der Waals surface area contributed by atoms with Crippen LogP contribution >= 0.6 is 0 Å². The number of amides is 1. The van der Waals surface area contributed by atoms with E-state index >= 15 is 4.39 Å². The van der Waals surface area contributed by atoms with E-state index in [-0.39, 0.29) is 29.2 Å². The monoisotopic (exact) mass is 569 g/mol. The first-order valence-corrected chi connectivity index (χ1v) is 13.8. The molecule has 0 saturated heterocycles. The molecule has 0 unspecified atom stereocenters. The molecule has 1 N–H and O–H groups in total. The number of benzene rings is 2. The van der Waals surface area contributed by atoms with Crippen molar-refractivity contribution in [2.24, 2.45) is 5.41 Å². The van der Waals surface area contributed by atoms with Crippen molar-refractivity contribution in [1.82, 2.24) is 13.9 Å². The van der Waals surface area contributed by atoms with Crippen molar-refractivity contribution in [3.05, 3.63) is 102 Å². The Labute approximate surface area is 231 Å². The molecule has 0 aliphatic heterocycles. The van der Waals surface area contributed by atoms with Crippen molar-refractivity contribution in [2.45, 2.75) is 38.8 Å². The number of aromatic nitrogens is 2. The molecule has 0 bridgehead atoms. The summed E-state index contributed by atoms with van der Waals surface area (Å²) in [6, 6.07) is 17.5. The highest BCUT2D eigenvalue weighted by Gasteiger charge is 2.30. The predicted octanol–water partition coefficient (Wildman–Crippen LogP) is 6.17. The van der Waals surface area contributed by atoms with Gasteiger partial charge in [-0.15, -0.1) is 0 Å². The summed E-state index contributed by atoms with van der Waals surface area (Å²) in [5.41, 5.74) is -0.705. The first kappa shape index (κ1) is 28.8. The standard InChI is InChI=1S/C29H29F2N3O5S/c1-29(2,3)19-33(28(35)36)16-21-17-34(26(25(21)30)24-10-7-15-32-27(24)31)40(37,38)23-13-11-22(12-14-23)39-18-20-8-5-4-6-9-20/h4-15,17H,16,18-19H2,1-3H3,(H,35,36). The highest BCUT2D eigenvalue weighted by Crippen LogP contribution is 2.33. The molecule has 4 rings (SSSR count). The van der Waals surface area contributed by atoms with Gasteiger partial charge in [0.05, 0.1) is 17.0 Å². The van der Waals surface area contributed by atoms with Crippen molar-refractivity contribution in [1.29, 1.82) is 0 Å². The number of rotatable bonds is 9. The smallest absolute Gasteiger partial charge is 0.407 e. The minimum absolute atomic E-state index is 0.0563. The Morgan fingerprint density at radius 1 is 1.02 bits per heavy atom. The Morgan fingerprint density at radius 2 is 1.70 bits per heavy atom. The lowest BCUT2D eigenvalue weighted by Gasteiger charge is -2.27. The Kier molecular flexibility index (Phi) is 8.24. The molecule has 2 aromatic heterocycles. The predicted molar refractivity (Wildman–Crippen MR) is 145 cm³/mol. The molecular weight excluding hydrogens is 540 g/mol. The zero-order valence-corrected chi connectivity index (χ0v) is 23.0. The van der Waals surface area contributed by atoms with Crippen molar-refractivity contribution >= 4 is 16.1 Å². The average Bonchev–Trinajstić information content (AvgIpc) is 3.23. The highest BCUT2D eigenvalue weighted by atomic mass is 32.2. The summed E-state index contributed by atoms with van der Waals surface area (Å²) in [6.07, 6.45) is 0.846. The number of carboxylic acid groups (broad SMARTS) is 1. The lowest BCUT2D eigenvalue weighted by molar-refractivity contribution is 0.122. The van der Waals surface area contributed by atoms with Crippen LogP contribution in [0.2, 0.25) is 0 Å². The third kappa shape index (κ3) is 6.48. The Bertz CT molecular complexity index is 1600. The lowest BCUT2D eigenvalue weighted by Crippen LogP contribution is -2.36. The second-order valence-electron chi connectivity index (χ2n) is 10.4. The SMILES string of the molecule is CC(C)(C)CN(Cc1cn(S(=O)(=O)c2ccc(OCc3ccccc3)cc2)c(-c2cccnc2F)c1F)C(=O)O. The average molecular weight is 570 g/mol. The number of halogens is 2. The van der Waals surface area contributed by atoms with Crippen LogP contribution in [0.4, 0.5) is 13.6 Å². The maximum atomic E-state index is 15.9. The maximum Gasteiger partial charge on any atom is 0.407 e. The minimum Gasteiger partial charge on any atom is -0.489 e.